The molecule has 1 aromatic heterocycles. The van der Waals surface area contributed by atoms with Crippen LogP contribution >= 0.6 is 12.2 Å². The van der Waals surface area contributed by atoms with Gasteiger partial charge in [-0.25, -0.2) is 4.98 Å². The van der Waals surface area contributed by atoms with E-state index in [1.807, 2.05) is 0 Å². The standard InChI is InChI=1S/C27H40N6S/c1-17(2)21-11-8-9-18(3)24(21)31-27(34)29-20-15-13-19(14-16-20)28-26-30-23-12-7-6-10-22(23)25(32-26)33(4)5/h8-9,11,17,19-20H,6-7,10,12-16H2,1-5H3,(H,28,30,32)(H2,29,31,34)/t19-,20+. The van der Waals surface area contributed by atoms with Crippen LogP contribution in [0.2, 0.25) is 0 Å². The predicted molar refractivity (Wildman–Crippen MR) is 147 cm³/mol. The van der Waals surface area contributed by atoms with Gasteiger partial charge >= 0.3 is 0 Å². The van der Waals surface area contributed by atoms with E-state index < -0.39 is 0 Å². The summed E-state index contributed by atoms with van der Waals surface area (Å²) in [7, 11) is 4.16. The Bertz CT molecular complexity index is 1010. The van der Waals surface area contributed by atoms with Crippen molar-refractivity contribution in [1.29, 1.82) is 0 Å². The van der Waals surface area contributed by atoms with Crippen molar-refractivity contribution < 1.29 is 0 Å². The van der Waals surface area contributed by atoms with Gasteiger partial charge in [0.1, 0.15) is 5.82 Å². The third-order valence-corrected chi connectivity index (χ3v) is 7.37. The molecule has 0 bridgehead atoms. The van der Waals surface area contributed by atoms with Crippen molar-refractivity contribution in [3.8, 4) is 0 Å². The fraction of sp³-hybridized carbons (Fsp3) is 0.593. The first-order valence-electron chi connectivity index (χ1n) is 12.8. The SMILES string of the molecule is Cc1cccc(C(C)C)c1NC(=S)N[C@H]1CC[C@@H](Nc2nc3c(c(N(C)C)n2)CCCC3)CC1. The highest BCUT2D eigenvalue weighted by molar-refractivity contribution is 7.80. The van der Waals surface area contributed by atoms with Gasteiger partial charge in [-0.05, 0) is 87.6 Å². The van der Waals surface area contributed by atoms with Crippen molar-refractivity contribution in [2.75, 3.05) is 29.6 Å². The summed E-state index contributed by atoms with van der Waals surface area (Å²) in [5.41, 5.74) is 6.25. The van der Waals surface area contributed by atoms with E-state index in [-0.39, 0.29) is 0 Å². The Hall–Kier alpha value is -2.41. The molecule has 184 valence electrons. The lowest BCUT2D eigenvalue weighted by Crippen LogP contribution is -2.42. The molecule has 1 fully saturated rings. The average Bonchev–Trinajstić information content (AvgIpc) is 2.81. The van der Waals surface area contributed by atoms with E-state index in [1.165, 1.54) is 35.2 Å². The highest BCUT2D eigenvalue weighted by Gasteiger charge is 2.24. The van der Waals surface area contributed by atoms with Gasteiger partial charge in [0.15, 0.2) is 5.11 Å². The van der Waals surface area contributed by atoms with Crippen LogP contribution in [0.25, 0.3) is 0 Å². The molecule has 0 amide bonds. The van der Waals surface area contributed by atoms with Crippen LogP contribution in [0.4, 0.5) is 17.5 Å². The highest BCUT2D eigenvalue weighted by Crippen LogP contribution is 2.30. The van der Waals surface area contributed by atoms with Crippen molar-refractivity contribution in [2.45, 2.75) is 90.1 Å². The number of thiocarbonyl (C=S) groups is 1. The Morgan fingerprint density at radius 2 is 1.74 bits per heavy atom. The molecule has 2 aromatic rings. The summed E-state index contributed by atoms with van der Waals surface area (Å²) < 4.78 is 0. The Morgan fingerprint density at radius 3 is 2.44 bits per heavy atom. The van der Waals surface area contributed by atoms with E-state index in [4.69, 9.17) is 22.2 Å². The van der Waals surface area contributed by atoms with Gasteiger partial charge in [-0.2, -0.15) is 4.98 Å². The molecule has 4 rings (SSSR count). The first-order valence-corrected chi connectivity index (χ1v) is 13.2. The molecule has 0 unspecified atom stereocenters. The average molecular weight is 481 g/mol. The monoisotopic (exact) mass is 480 g/mol. The third-order valence-electron chi connectivity index (χ3n) is 7.15. The fourth-order valence-corrected chi connectivity index (χ4v) is 5.52. The number of nitrogens with one attached hydrogen (secondary N) is 3. The quantitative estimate of drug-likeness (QED) is 0.468. The van der Waals surface area contributed by atoms with Crippen molar-refractivity contribution in [1.82, 2.24) is 15.3 Å². The van der Waals surface area contributed by atoms with Crippen molar-refractivity contribution >= 4 is 34.8 Å². The number of rotatable bonds is 6. The molecule has 7 heteroatoms. The van der Waals surface area contributed by atoms with Crippen molar-refractivity contribution in [2.24, 2.45) is 0 Å². The molecule has 0 atom stereocenters. The molecule has 0 saturated heterocycles. The maximum absolute atomic E-state index is 5.69. The summed E-state index contributed by atoms with van der Waals surface area (Å²) in [6.45, 7) is 6.58. The number of para-hydroxylation sites is 1. The summed E-state index contributed by atoms with van der Waals surface area (Å²) in [6.07, 6.45) is 8.94. The molecule has 2 aliphatic rings. The maximum Gasteiger partial charge on any atom is 0.225 e. The minimum atomic E-state index is 0.395. The Labute approximate surface area is 210 Å². The number of anilines is 3. The summed E-state index contributed by atoms with van der Waals surface area (Å²) in [5.74, 6) is 2.32. The van der Waals surface area contributed by atoms with Crippen LogP contribution in [0.5, 0.6) is 0 Å². The molecular weight excluding hydrogens is 440 g/mol. The molecule has 0 spiro atoms. The molecule has 0 radical (unpaired) electrons. The molecule has 6 nitrogen and oxygen atoms in total. The van der Waals surface area contributed by atoms with E-state index in [0.29, 0.717) is 18.0 Å². The zero-order valence-electron chi connectivity index (χ0n) is 21.4. The Morgan fingerprint density at radius 1 is 1.03 bits per heavy atom. The van der Waals surface area contributed by atoms with Gasteiger partial charge in [-0.15, -0.1) is 0 Å². The van der Waals surface area contributed by atoms with Gasteiger partial charge in [0, 0.05) is 37.4 Å². The first-order chi connectivity index (χ1) is 16.3. The van der Waals surface area contributed by atoms with Crippen molar-refractivity contribution in [3.63, 3.8) is 0 Å². The smallest absolute Gasteiger partial charge is 0.225 e. The van der Waals surface area contributed by atoms with E-state index in [1.54, 1.807) is 0 Å². The number of benzene rings is 1. The van der Waals surface area contributed by atoms with Crippen LogP contribution in [-0.4, -0.2) is 41.3 Å². The normalized spacial score (nSPS) is 19.9. The minimum absolute atomic E-state index is 0.395. The van der Waals surface area contributed by atoms with Crippen LogP contribution in [0, 0.1) is 6.92 Å². The zero-order valence-corrected chi connectivity index (χ0v) is 22.2. The summed E-state index contributed by atoms with van der Waals surface area (Å²) in [4.78, 5) is 11.9. The Kier molecular flexibility index (Phi) is 7.91. The van der Waals surface area contributed by atoms with E-state index in [2.05, 4.69) is 73.9 Å². The number of hydrogen-bond donors (Lipinski definition) is 3. The number of aromatic nitrogens is 2. The second kappa shape index (κ2) is 10.9. The Balaban J connectivity index is 1.32. The number of nitrogens with zero attached hydrogens (tertiary/aromatic N) is 3. The minimum Gasteiger partial charge on any atom is -0.362 e. The van der Waals surface area contributed by atoms with E-state index in [9.17, 15) is 0 Å². The van der Waals surface area contributed by atoms with Gasteiger partial charge in [0.05, 0.1) is 5.69 Å². The maximum atomic E-state index is 5.69. The summed E-state index contributed by atoms with van der Waals surface area (Å²) in [5, 5.41) is 11.4. The lowest BCUT2D eigenvalue weighted by molar-refractivity contribution is 0.387. The lowest BCUT2D eigenvalue weighted by atomic mass is 9.91. The molecule has 1 aromatic carbocycles. The molecule has 3 N–H and O–H groups in total. The van der Waals surface area contributed by atoms with E-state index >= 15 is 0 Å². The van der Waals surface area contributed by atoms with Gasteiger partial charge in [-0.1, -0.05) is 32.0 Å². The van der Waals surface area contributed by atoms with Crippen LogP contribution in [-0.2, 0) is 12.8 Å². The molecule has 2 aliphatic carbocycles. The molecule has 34 heavy (non-hydrogen) atoms. The van der Waals surface area contributed by atoms with Crippen molar-refractivity contribution in [3.05, 3.63) is 40.6 Å². The highest BCUT2D eigenvalue weighted by atomic mass is 32.1. The molecule has 0 aliphatic heterocycles. The number of aryl methyl sites for hydroxylation is 2. The van der Waals surface area contributed by atoms with E-state index in [0.717, 1.165) is 61.1 Å². The number of fused-ring (bicyclic) bond motifs is 1. The fourth-order valence-electron chi connectivity index (χ4n) is 5.25. The largest absolute Gasteiger partial charge is 0.362 e. The van der Waals surface area contributed by atoms with Gasteiger partial charge in [0.25, 0.3) is 0 Å². The predicted octanol–water partition coefficient (Wildman–Crippen LogP) is 5.56. The number of hydrogen-bond acceptors (Lipinski definition) is 5. The summed E-state index contributed by atoms with van der Waals surface area (Å²) >= 11 is 5.69. The lowest BCUT2D eigenvalue weighted by Gasteiger charge is -2.31. The van der Waals surface area contributed by atoms with Gasteiger partial charge < -0.3 is 20.9 Å². The zero-order chi connectivity index (χ0) is 24.2. The third kappa shape index (κ3) is 5.80. The summed E-state index contributed by atoms with van der Waals surface area (Å²) in [6, 6.07) is 7.24. The first kappa shape index (κ1) is 24.7. The van der Waals surface area contributed by atoms with Gasteiger partial charge in [-0.3, -0.25) is 0 Å². The molecule has 1 heterocycles. The second-order valence-electron chi connectivity index (χ2n) is 10.4. The van der Waals surface area contributed by atoms with Crippen LogP contribution in [0.1, 0.15) is 80.7 Å². The van der Waals surface area contributed by atoms with Gasteiger partial charge in [0.2, 0.25) is 5.95 Å². The topological polar surface area (TPSA) is 65.1 Å². The molecule has 1 saturated carbocycles. The van der Waals surface area contributed by atoms with Crippen LogP contribution < -0.4 is 20.9 Å². The van der Waals surface area contributed by atoms with Crippen LogP contribution in [0.15, 0.2) is 18.2 Å². The van der Waals surface area contributed by atoms with Crippen LogP contribution in [0.3, 0.4) is 0 Å². The second-order valence-corrected chi connectivity index (χ2v) is 10.8. The molecular formula is C27H40N6S.